The first-order valence-electron chi connectivity index (χ1n) is 3.54. The van der Waals surface area contributed by atoms with Crippen molar-refractivity contribution in [1.29, 1.82) is 5.41 Å². The molecule has 0 aromatic heterocycles. The average molecular weight is 144 g/mol. The van der Waals surface area contributed by atoms with Crippen molar-refractivity contribution in [2.75, 3.05) is 0 Å². The Morgan fingerprint density at radius 3 is 1.50 bits per heavy atom. The van der Waals surface area contributed by atoms with Crippen LogP contribution in [0, 0.1) is 5.41 Å². The standard InChI is InChI=1S/C6H12N2.C2H6.H2/c1-4(5(2)7)6(3)8;1-2;/h7H,8H2,1-3H3;1-2H3;1H/b6-4-,7-5?;;. The smallest absolute Gasteiger partial charge is 0.0329 e. The van der Waals surface area contributed by atoms with Crippen molar-refractivity contribution >= 4 is 5.71 Å². The highest BCUT2D eigenvalue weighted by molar-refractivity contribution is 5.95. The number of rotatable bonds is 1. The van der Waals surface area contributed by atoms with Crippen molar-refractivity contribution in [2.45, 2.75) is 34.6 Å². The van der Waals surface area contributed by atoms with Gasteiger partial charge in [0.1, 0.15) is 0 Å². The van der Waals surface area contributed by atoms with Crippen molar-refractivity contribution in [3.63, 3.8) is 0 Å². The lowest BCUT2D eigenvalue weighted by Crippen LogP contribution is -2.01. The van der Waals surface area contributed by atoms with Crippen LogP contribution < -0.4 is 5.73 Å². The third kappa shape index (κ3) is 5.35. The number of hydrogen-bond acceptors (Lipinski definition) is 2. The molecule has 0 fully saturated rings. The van der Waals surface area contributed by atoms with Crippen molar-refractivity contribution in [3.05, 3.63) is 11.3 Å². The average Bonchev–Trinajstić information content (AvgIpc) is 1.90. The van der Waals surface area contributed by atoms with Crippen molar-refractivity contribution in [3.8, 4) is 0 Å². The fourth-order valence-corrected chi connectivity index (χ4v) is 0.296. The Morgan fingerprint density at radius 2 is 1.50 bits per heavy atom. The summed E-state index contributed by atoms with van der Waals surface area (Å²) in [6.07, 6.45) is 0. The summed E-state index contributed by atoms with van der Waals surface area (Å²) in [5, 5.41) is 7.09. The molecular formula is C8H20N2. The number of nitrogens with one attached hydrogen (secondary N) is 1. The molecule has 0 atom stereocenters. The fraction of sp³-hybridized carbons (Fsp3) is 0.625. The lowest BCUT2D eigenvalue weighted by atomic mass is 10.2. The molecule has 0 aliphatic carbocycles. The number of allylic oxidation sites excluding steroid dienone is 2. The Hall–Kier alpha value is -0.790. The minimum absolute atomic E-state index is 0. The molecule has 0 saturated carbocycles. The van der Waals surface area contributed by atoms with Gasteiger partial charge >= 0.3 is 0 Å². The zero-order valence-electron chi connectivity index (χ0n) is 7.58. The van der Waals surface area contributed by atoms with E-state index in [1.54, 1.807) is 13.8 Å². The first-order chi connectivity index (χ1) is 4.55. The topological polar surface area (TPSA) is 49.9 Å². The van der Waals surface area contributed by atoms with Gasteiger partial charge in [0.2, 0.25) is 0 Å². The first kappa shape index (κ1) is 11.9. The summed E-state index contributed by atoms with van der Waals surface area (Å²) in [7, 11) is 0. The van der Waals surface area contributed by atoms with E-state index in [-0.39, 0.29) is 1.43 Å². The second-order valence-electron chi connectivity index (χ2n) is 1.93. The van der Waals surface area contributed by atoms with Crippen LogP contribution in [0.4, 0.5) is 0 Å². The third-order valence-corrected chi connectivity index (χ3v) is 1.15. The van der Waals surface area contributed by atoms with Gasteiger partial charge in [-0.15, -0.1) is 0 Å². The van der Waals surface area contributed by atoms with E-state index in [0.717, 1.165) is 11.3 Å². The Morgan fingerprint density at radius 1 is 1.20 bits per heavy atom. The lowest BCUT2D eigenvalue weighted by molar-refractivity contribution is 1.24. The predicted octanol–water partition coefficient (Wildman–Crippen LogP) is 2.55. The first-order valence-corrected chi connectivity index (χ1v) is 3.54. The van der Waals surface area contributed by atoms with Crippen LogP contribution in [0.15, 0.2) is 11.3 Å². The van der Waals surface area contributed by atoms with Gasteiger partial charge in [-0.25, -0.2) is 0 Å². The van der Waals surface area contributed by atoms with E-state index in [0.29, 0.717) is 5.71 Å². The zero-order chi connectivity index (χ0) is 8.73. The molecule has 0 heterocycles. The molecule has 0 radical (unpaired) electrons. The van der Waals surface area contributed by atoms with Gasteiger partial charge in [-0.1, -0.05) is 13.8 Å². The zero-order valence-corrected chi connectivity index (χ0v) is 7.58. The minimum atomic E-state index is 0. The van der Waals surface area contributed by atoms with Crippen LogP contribution in [-0.4, -0.2) is 5.71 Å². The molecular weight excluding hydrogens is 124 g/mol. The van der Waals surface area contributed by atoms with Crippen molar-refractivity contribution in [1.82, 2.24) is 0 Å². The second-order valence-corrected chi connectivity index (χ2v) is 1.93. The van der Waals surface area contributed by atoms with Gasteiger partial charge in [-0.05, 0) is 26.3 Å². The molecule has 0 saturated heterocycles. The SMILES string of the molecule is CC.CC(=N)/C(C)=C(/C)N.[HH]. The minimum Gasteiger partial charge on any atom is -0.402 e. The molecule has 0 spiro atoms. The summed E-state index contributed by atoms with van der Waals surface area (Å²) >= 11 is 0. The highest BCUT2D eigenvalue weighted by Gasteiger charge is 1.91. The summed E-state index contributed by atoms with van der Waals surface area (Å²) in [4.78, 5) is 0. The molecule has 2 heteroatoms. The van der Waals surface area contributed by atoms with E-state index in [4.69, 9.17) is 11.1 Å². The quantitative estimate of drug-likeness (QED) is 0.546. The van der Waals surface area contributed by atoms with E-state index in [9.17, 15) is 0 Å². The van der Waals surface area contributed by atoms with Gasteiger partial charge in [-0.2, -0.15) is 0 Å². The van der Waals surface area contributed by atoms with Crippen LogP contribution in [0.2, 0.25) is 0 Å². The van der Waals surface area contributed by atoms with Gasteiger partial charge in [0.05, 0.1) is 0 Å². The lowest BCUT2D eigenvalue weighted by Gasteiger charge is -1.97. The van der Waals surface area contributed by atoms with Gasteiger partial charge in [0.25, 0.3) is 0 Å². The molecule has 0 aliphatic rings. The molecule has 2 nitrogen and oxygen atoms in total. The Kier molecular flexibility index (Phi) is 7.56. The van der Waals surface area contributed by atoms with Gasteiger partial charge in [0, 0.05) is 12.8 Å². The number of nitrogens with two attached hydrogens (primary N) is 1. The Balaban J connectivity index is -0.000000196. The summed E-state index contributed by atoms with van der Waals surface area (Å²) in [5.41, 5.74) is 7.54. The summed E-state index contributed by atoms with van der Waals surface area (Å²) < 4.78 is 0. The molecule has 0 bridgehead atoms. The summed E-state index contributed by atoms with van der Waals surface area (Å²) in [5.74, 6) is 0. The number of hydrogen-bond donors (Lipinski definition) is 2. The van der Waals surface area contributed by atoms with Gasteiger partial charge < -0.3 is 11.1 Å². The molecule has 3 N–H and O–H groups in total. The Labute approximate surface area is 65.1 Å². The summed E-state index contributed by atoms with van der Waals surface area (Å²) in [6, 6.07) is 0. The molecule has 0 aromatic carbocycles. The molecule has 10 heavy (non-hydrogen) atoms. The highest BCUT2D eigenvalue weighted by atomic mass is 14.6. The van der Waals surface area contributed by atoms with Gasteiger partial charge in [0.15, 0.2) is 0 Å². The monoisotopic (exact) mass is 144 g/mol. The molecule has 0 rings (SSSR count). The van der Waals surface area contributed by atoms with Crippen LogP contribution in [-0.2, 0) is 0 Å². The maximum Gasteiger partial charge on any atom is 0.0329 e. The predicted molar refractivity (Wildman–Crippen MR) is 49.4 cm³/mol. The molecule has 62 valence electrons. The van der Waals surface area contributed by atoms with Crippen molar-refractivity contribution < 1.29 is 1.43 Å². The van der Waals surface area contributed by atoms with Gasteiger partial charge in [-0.3, -0.25) is 0 Å². The van der Waals surface area contributed by atoms with E-state index >= 15 is 0 Å². The van der Waals surface area contributed by atoms with E-state index in [2.05, 4.69) is 0 Å². The summed E-state index contributed by atoms with van der Waals surface area (Å²) in [6.45, 7) is 9.37. The highest BCUT2D eigenvalue weighted by Crippen LogP contribution is 1.96. The van der Waals surface area contributed by atoms with Crippen LogP contribution >= 0.6 is 0 Å². The van der Waals surface area contributed by atoms with Crippen LogP contribution in [0.3, 0.4) is 0 Å². The van der Waals surface area contributed by atoms with Crippen molar-refractivity contribution in [2.24, 2.45) is 5.73 Å². The maximum absolute atomic E-state index is 7.09. The molecule has 0 aliphatic heterocycles. The second kappa shape index (κ2) is 6.33. The van der Waals surface area contributed by atoms with E-state index < -0.39 is 0 Å². The maximum atomic E-state index is 7.09. The molecule has 0 amide bonds. The Bertz CT molecular complexity index is 135. The van der Waals surface area contributed by atoms with Crippen LogP contribution in [0.5, 0.6) is 0 Å². The van der Waals surface area contributed by atoms with E-state index in [1.165, 1.54) is 0 Å². The molecule has 0 unspecified atom stereocenters. The van der Waals surface area contributed by atoms with Crippen LogP contribution in [0.25, 0.3) is 0 Å². The molecule has 0 aromatic rings. The normalized spacial score (nSPS) is 10.9. The fourth-order valence-electron chi connectivity index (χ4n) is 0.296. The van der Waals surface area contributed by atoms with Crippen LogP contribution in [0.1, 0.15) is 36.0 Å². The largest absolute Gasteiger partial charge is 0.402 e. The van der Waals surface area contributed by atoms with E-state index in [1.807, 2.05) is 20.8 Å². The third-order valence-electron chi connectivity index (χ3n) is 1.15.